The highest BCUT2D eigenvalue weighted by molar-refractivity contribution is 5.95. The molecule has 0 aromatic rings. The number of aliphatic carboxylic acids is 1. The number of carboxylic acids is 1. The quantitative estimate of drug-likeness (QED) is 0.0894. The van der Waals surface area contributed by atoms with Crippen molar-refractivity contribution in [3.8, 4) is 0 Å². The molecule has 11 N–H and O–H groups in total. The summed E-state index contributed by atoms with van der Waals surface area (Å²) in [7, 11) is 0. The fraction of sp³-hybridized carbons (Fsp3) is 0.750. The van der Waals surface area contributed by atoms with Crippen LogP contribution in [0.2, 0.25) is 0 Å². The fourth-order valence-electron chi connectivity index (χ4n) is 3.42. The lowest BCUT2D eigenvalue weighted by atomic mass is 9.99. The number of hydrogen-bond acceptors (Lipinski definition) is 8. The highest BCUT2D eigenvalue weighted by Gasteiger charge is 2.33. The highest BCUT2D eigenvalue weighted by atomic mass is 16.4. The summed E-state index contributed by atoms with van der Waals surface area (Å²) in [6.07, 6.45) is 1.24. The van der Waals surface area contributed by atoms with Gasteiger partial charge in [0.1, 0.15) is 24.2 Å². The Morgan fingerprint density at radius 1 is 0.711 bits per heavy atom. The van der Waals surface area contributed by atoms with Gasteiger partial charge >= 0.3 is 5.97 Å². The summed E-state index contributed by atoms with van der Waals surface area (Å²) in [5, 5.41) is 19.4. The minimum atomic E-state index is -1.20. The Morgan fingerprint density at radius 2 is 1.21 bits per heavy atom. The van der Waals surface area contributed by atoms with Gasteiger partial charge in [-0.15, -0.1) is 0 Å². The molecule has 14 nitrogen and oxygen atoms in total. The molecule has 218 valence electrons. The SMILES string of the molecule is CC(C)[C@H](NC(=O)[C@@H](NC(=O)[C@@H](N)CCC(N)=O)C(C)C)C(=O)N[C@@H](C)C(=O)N[C@@H](CCCCN)C(=O)O. The molecule has 0 aliphatic carbocycles. The summed E-state index contributed by atoms with van der Waals surface area (Å²) in [6.45, 7) is 8.57. The van der Waals surface area contributed by atoms with E-state index in [0.29, 0.717) is 19.4 Å². The third-order valence-corrected chi connectivity index (χ3v) is 5.85. The van der Waals surface area contributed by atoms with E-state index in [0.717, 1.165) is 0 Å². The monoisotopic (exact) mass is 543 g/mol. The Bertz CT molecular complexity index is 835. The standard InChI is InChI=1S/C24H45N7O7/c1-12(2)18(22(35)28-14(5)20(33)29-16(24(37)38)8-6-7-11-25)31-23(36)19(13(3)4)30-21(34)15(26)9-10-17(27)32/h12-16,18-19H,6-11,25-26H2,1-5H3,(H2,27,32)(H,28,35)(H,29,33)(H,30,34)(H,31,36)(H,37,38)/t14-,15-,16-,18-,19-/m0/s1. The first-order valence-electron chi connectivity index (χ1n) is 12.8. The lowest BCUT2D eigenvalue weighted by Gasteiger charge is -2.28. The summed E-state index contributed by atoms with van der Waals surface area (Å²) < 4.78 is 0. The van der Waals surface area contributed by atoms with E-state index in [9.17, 15) is 33.9 Å². The van der Waals surface area contributed by atoms with Crippen LogP contribution >= 0.6 is 0 Å². The Morgan fingerprint density at radius 3 is 1.66 bits per heavy atom. The molecule has 0 radical (unpaired) electrons. The van der Waals surface area contributed by atoms with E-state index >= 15 is 0 Å². The predicted molar refractivity (Wildman–Crippen MR) is 140 cm³/mol. The topological polar surface area (TPSA) is 249 Å². The summed E-state index contributed by atoms with van der Waals surface area (Å²) >= 11 is 0. The molecule has 0 spiro atoms. The van der Waals surface area contributed by atoms with E-state index in [1.165, 1.54) is 6.92 Å². The molecule has 0 aromatic carbocycles. The lowest BCUT2D eigenvalue weighted by Crippen LogP contribution is -2.60. The molecule has 0 saturated heterocycles. The van der Waals surface area contributed by atoms with Crippen LogP contribution in [0.4, 0.5) is 0 Å². The number of hydrogen-bond donors (Lipinski definition) is 8. The van der Waals surface area contributed by atoms with Crippen LogP contribution in [0.25, 0.3) is 0 Å². The van der Waals surface area contributed by atoms with Gasteiger partial charge in [-0.2, -0.15) is 0 Å². The molecule has 5 atom stereocenters. The second-order valence-corrected chi connectivity index (χ2v) is 9.99. The second-order valence-electron chi connectivity index (χ2n) is 9.99. The summed E-state index contributed by atoms with van der Waals surface area (Å²) in [4.78, 5) is 73.3. The largest absolute Gasteiger partial charge is 0.480 e. The summed E-state index contributed by atoms with van der Waals surface area (Å²) in [5.74, 6) is -5.18. The number of primary amides is 1. The molecular weight excluding hydrogens is 498 g/mol. The van der Waals surface area contributed by atoms with Gasteiger partial charge in [0.05, 0.1) is 6.04 Å². The highest BCUT2D eigenvalue weighted by Crippen LogP contribution is 2.08. The first-order chi connectivity index (χ1) is 17.6. The lowest BCUT2D eigenvalue weighted by molar-refractivity contribution is -0.142. The molecular formula is C24H45N7O7. The maximum Gasteiger partial charge on any atom is 0.326 e. The van der Waals surface area contributed by atoms with Crippen molar-refractivity contribution in [3.63, 3.8) is 0 Å². The number of carboxylic acid groups (broad SMARTS) is 1. The van der Waals surface area contributed by atoms with Gasteiger partial charge in [-0.05, 0) is 51.0 Å². The van der Waals surface area contributed by atoms with Gasteiger partial charge in [0.2, 0.25) is 29.5 Å². The fourth-order valence-corrected chi connectivity index (χ4v) is 3.42. The Hall–Kier alpha value is -3.26. The van der Waals surface area contributed by atoms with Crippen molar-refractivity contribution < 1.29 is 33.9 Å². The van der Waals surface area contributed by atoms with Crippen LogP contribution in [0.15, 0.2) is 0 Å². The van der Waals surface area contributed by atoms with Crippen LogP contribution in [0, 0.1) is 11.8 Å². The van der Waals surface area contributed by atoms with Crippen LogP contribution in [0.3, 0.4) is 0 Å². The number of nitrogens with one attached hydrogen (secondary N) is 4. The van der Waals surface area contributed by atoms with Gasteiger partial charge in [0.25, 0.3) is 0 Å². The summed E-state index contributed by atoms with van der Waals surface area (Å²) in [5.41, 5.74) is 16.3. The second kappa shape index (κ2) is 17.3. The number of carbonyl (C=O) groups excluding carboxylic acids is 5. The zero-order valence-electron chi connectivity index (χ0n) is 22.9. The van der Waals surface area contributed by atoms with Gasteiger partial charge in [-0.1, -0.05) is 27.7 Å². The molecule has 0 aliphatic heterocycles. The molecule has 0 rings (SSSR count). The molecule has 0 bridgehead atoms. The number of amides is 5. The van der Waals surface area contributed by atoms with Gasteiger partial charge < -0.3 is 43.6 Å². The first kappa shape index (κ1) is 34.7. The van der Waals surface area contributed by atoms with Crippen molar-refractivity contribution in [2.75, 3.05) is 6.54 Å². The Kier molecular flexibility index (Phi) is 15.8. The van der Waals surface area contributed by atoms with Gasteiger partial charge in [0, 0.05) is 6.42 Å². The van der Waals surface area contributed by atoms with Gasteiger partial charge in [-0.25, -0.2) is 4.79 Å². The van der Waals surface area contributed by atoms with Crippen LogP contribution < -0.4 is 38.5 Å². The zero-order valence-corrected chi connectivity index (χ0v) is 22.9. The molecule has 5 amide bonds. The Labute approximate surface area is 223 Å². The van der Waals surface area contributed by atoms with E-state index in [4.69, 9.17) is 17.2 Å². The molecule has 0 aromatic heterocycles. The Balaban J connectivity index is 5.27. The molecule has 0 fully saturated rings. The number of unbranched alkanes of at least 4 members (excludes halogenated alkanes) is 1. The molecule has 0 unspecified atom stereocenters. The molecule has 0 saturated carbocycles. The molecule has 38 heavy (non-hydrogen) atoms. The number of rotatable bonds is 18. The maximum atomic E-state index is 13.0. The molecule has 0 heterocycles. The minimum Gasteiger partial charge on any atom is -0.480 e. The summed E-state index contributed by atoms with van der Waals surface area (Å²) in [6, 6.07) is -5.34. The average molecular weight is 544 g/mol. The predicted octanol–water partition coefficient (Wildman–Crippen LogP) is -1.94. The van der Waals surface area contributed by atoms with E-state index in [-0.39, 0.29) is 25.2 Å². The smallest absolute Gasteiger partial charge is 0.326 e. The van der Waals surface area contributed by atoms with Crippen LogP contribution in [-0.2, 0) is 28.8 Å². The first-order valence-corrected chi connectivity index (χ1v) is 12.8. The maximum absolute atomic E-state index is 13.0. The molecule has 14 heteroatoms. The van der Waals surface area contributed by atoms with E-state index in [1.54, 1.807) is 27.7 Å². The van der Waals surface area contributed by atoms with E-state index in [1.807, 2.05) is 0 Å². The number of carbonyl (C=O) groups is 6. The molecule has 0 aliphatic rings. The van der Waals surface area contributed by atoms with Crippen LogP contribution in [0.5, 0.6) is 0 Å². The van der Waals surface area contributed by atoms with Crippen molar-refractivity contribution in [2.45, 2.75) is 96.9 Å². The van der Waals surface area contributed by atoms with E-state index in [2.05, 4.69) is 21.3 Å². The third-order valence-electron chi connectivity index (χ3n) is 5.85. The van der Waals surface area contributed by atoms with Gasteiger partial charge in [0.15, 0.2) is 0 Å². The normalized spacial score (nSPS) is 15.1. The third kappa shape index (κ3) is 12.8. The van der Waals surface area contributed by atoms with Crippen molar-refractivity contribution in [3.05, 3.63) is 0 Å². The van der Waals surface area contributed by atoms with E-state index < -0.39 is 71.6 Å². The number of nitrogens with two attached hydrogens (primary N) is 3. The van der Waals surface area contributed by atoms with Gasteiger partial charge in [-0.3, -0.25) is 24.0 Å². The van der Waals surface area contributed by atoms with Crippen molar-refractivity contribution >= 4 is 35.5 Å². The van der Waals surface area contributed by atoms with Crippen molar-refractivity contribution in [2.24, 2.45) is 29.0 Å². The van der Waals surface area contributed by atoms with Crippen molar-refractivity contribution in [1.82, 2.24) is 21.3 Å². The van der Waals surface area contributed by atoms with Crippen LogP contribution in [0.1, 0.15) is 66.7 Å². The van der Waals surface area contributed by atoms with Crippen LogP contribution in [-0.4, -0.2) is 77.4 Å². The minimum absolute atomic E-state index is 0.0142. The van der Waals surface area contributed by atoms with Crippen molar-refractivity contribution in [1.29, 1.82) is 0 Å². The zero-order chi connectivity index (χ0) is 29.6. The average Bonchev–Trinajstić information content (AvgIpc) is 2.82.